The van der Waals surface area contributed by atoms with Crippen LogP contribution in [0.4, 0.5) is 45.1 Å². The molecular weight excluding hydrogens is 355 g/mol. The van der Waals surface area contributed by atoms with E-state index in [1.165, 1.54) is 30.5 Å². The molecule has 0 aliphatic heterocycles. The third kappa shape index (κ3) is 4.05. The summed E-state index contributed by atoms with van der Waals surface area (Å²) in [7, 11) is 0. The van der Waals surface area contributed by atoms with Gasteiger partial charge in [0.1, 0.15) is 17.5 Å². The molecule has 4 nitrogen and oxygen atoms in total. The van der Waals surface area contributed by atoms with Crippen LogP contribution in [0, 0.1) is 11.6 Å². The van der Waals surface area contributed by atoms with E-state index in [4.69, 9.17) is 0 Å². The van der Waals surface area contributed by atoms with Crippen molar-refractivity contribution in [3.8, 4) is 0 Å². The number of anilines is 4. The van der Waals surface area contributed by atoms with Crippen molar-refractivity contribution in [1.82, 2.24) is 9.97 Å². The fourth-order valence-corrected chi connectivity index (χ4v) is 2.18. The number of nitrogens with one attached hydrogen (secondary N) is 2. The Balaban J connectivity index is 1.85. The Morgan fingerprint density at radius 1 is 0.846 bits per heavy atom. The molecule has 0 bridgehead atoms. The first kappa shape index (κ1) is 17.6. The molecular formula is C17H11F5N4. The molecule has 3 rings (SSSR count). The van der Waals surface area contributed by atoms with Gasteiger partial charge in [-0.2, -0.15) is 18.2 Å². The summed E-state index contributed by atoms with van der Waals surface area (Å²) >= 11 is 0. The van der Waals surface area contributed by atoms with E-state index in [-0.39, 0.29) is 23.1 Å². The minimum absolute atomic E-state index is 0.0648. The summed E-state index contributed by atoms with van der Waals surface area (Å²) in [6.45, 7) is 0. The van der Waals surface area contributed by atoms with Gasteiger partial charge in [0.2, 0.25) is 5.95 Å². The Labute approximate surface area is 144 Å². The Hall–Kier alpha value is -3.23. The largest absolute Gasteiger partial charge is 0.418 e. The third-order valence-electron chi connectivity index (χ3n) is 3.33. The lowest BCUT2D eigenvalue weighted by Crippen LogP contribution is -2.09. The maximum absolute atomic E-state index is 13.7. The zero-order valence-corrected chi connectivity index (χ0v) is 13.0. The number of hydrogen-bond donors (Lipinski definition) is 2. The van der Waals surface area contributed by atoms with Crippen molar-refractivity contribution >= 4 is 23.1 Å². The lowest BCUT2D eigenvalue weighted by atomic mass is 10.1. The zero-order valence-electron chi connectivity index (χ0n) is 13.0. The molecule has 2 N–H and O–H groups in total. The normalized spacial score (nSPS) is 11.3. The highest BCUT2D eigenvalue weighted by molar-refractivity contribution is 5.63. The molecule has 0 spiro atoms. The van der Waals surface area contributed by atoms with Crippen molar-refractivity contribution in [3.05, 3.63) is 71.9 Å². The number of halogens is 5. The van der Waals surface area contributed by atoms with Crippen LogP contribution in [0.5, 0.6) is 0 Å². The second kappa shape index (κ2) is 6.95. The maximum Gasteiger partial charge on any atom is 0.418 e. The number of nitrogens with zero attached hydrogens (tertiary/aromatic N) is 2. The quantitative estimate of drug-likeness (QED) is 0.619. The molecule has 0 saturated heterocycles. The summed E-state index contributed by atoms with van der Waals surface area (Å²) in [5, 5.41) is 5.11. The number of hydrogen-bond acceptors (Lipinski definition) is 4. The van der Waals surface area contributed by atoms with Gasteiger partial charge >= 0.3 is 6.18 Å². The molecule has 2 aromatic carbocycles. The molecule has 0 amide bonds. The summed E-state index contributed by atoms with van der Waals surface area (Å²) < 4.78 is 65.7. The predicted octanol–water partition coefficient (Wildman–Crippen LogP) is 5.26. The van der Waals surface area contributed by atoms with Crippen LogP contribution in [0.1, 0.15) is 5.56 Å². The van der Waals surface area contributed by atoms with Crippen molar-refractivity contribution in [1.29, 1.82) is 0 Å². The second-order valence-corrected chi connectivity index (χ2v) is 5.18. The van der Waals surface area contributed by atoms with E-state index in [0.717, 1.165) is 18.2 Å². The minimum Gasteiger partial charge on any atom is -0.340 e. The zero-order chi connectivity index (χ0) is 18.7. The van der Waals surface area contributed by atoms with Crippen molar-refractivity contribution < 1.29 is 22.0 Å². The molecule has 0 unspecified atom stereocenters. The monoisotopic (exact) mass is 366 g/mol. The summed E-state index contributed by atoms with van der Waals surface area (Å²) in [5.41, 5.74) is -1.10. The Bertz CT molecular complexity index is 927. The molecule has 0 aliphatic carbocycles. The fraction of sp³-hybridized carbons (Fsp3) is 0.0588. The molecule has 0 fully saturated rings. The van der Waals surface area contributed by atoms with Gasteiger partial charge < -0.3 is 10.6 Å². The Kier molecular flexibility index (Phi) is 4.70. The van der Waals surface area contributed by atoms with E-state index in [1.807, 2.05) is 0 Å². The molecule has 9 heteroatoms. The topological polar surface area (TPSA) is 49.8 Å². The van der Waals surface area contributed by atoms with E-state index in [9.17, 15) is 22.0 Å². The first-order valence-corrected chi connectivity index (χ1v) is 7.31. The predicted molar refractivity (Wildman–Crippen MR) is 86.4 cm³/mol. The van der Waals surface area contributed by atoms with E-state index < -0.39 is 23.4 Å². The third-order valence-corrected chi connectivity index (χ3v) is 3.33. The summed E-state index contributed by atoms with van der Waals surface area (Å²) in [6.07, 6.45) is -3.25. The van der Waals surface area contributed by atoms with Gasteiger partial charge in [0, 0.05) is 12.3 Å². The first-order valence-electron chi connectivity index (χ1n) is 7.31. The fourth-order valence-electron chi connectivity index (χ4n) is 2.18. The first-order chi connectivity index (χ1) is 12.3. The molecule has 3 aromatic rings. The van der Waals surface area contributed by atoms with Gasteiger partial charge in [-0.15, -0.1) is 0 Å². The van der Waals surface area contributed by atoms with Crippen LogP contribution >= 0.6 is 0 Å². The average molecular weight is 366 g/mol. The lowest BCUT2D eigenvalue weighted by molar-refractivity contribution is -0.136. The number of rotatable bonds is 4. The minimum atomic E-state index is -4.53. The van der Waals surface area contributed by atoms with Gasteiger partial charge in [-0.05, 0) is 30.3 Å². The van der Waals surface area contributed by atoms with E-state index in [1.54, 1.807) is 0 Å². The van der Waals surface area contributed by atoms with Gasteiger partial charge in [-0.3, -0.25) is 0 Å². The van der Waals surface area contributed by atoms with Crippen LogP contribution in [-0.4, -0.2) is 9.97 Å². The van der Waals surface area contributed by atoms with Crippen molar-refractivity contribution in [2.75, 3.05) is 10.6 Å². The molecule has 0 atom stereocenters. The van der Waals surface area contributed by atoms with Crippen LogP contribution in [0.15, 0.2) is 54.7 Å². The van der Waals surface area contributed by atoms with Crippen molar-refractivity contribution in [2.45, 2.75) is 6.18 Å². The highest BCUT2D eigenvalue weighted by Gasteiger charge is 2.33. The van der Waals surface area contributed by atoms with E-state index in [2.05, 4.69) is 20.6 Å². The smallest absolute Gasteiger partial charge is 0.340 e. The molecule has 1 heterocycles. The van der Waals surface area contributed by atoms with Gasteiger partial charge in [-0.1, -0.05) is 12.1 Å². The summed E-state index contributed by atoms with van der Waals surface area (Å²) in [6, 6.07) is 9.18. The molecule has 26 heavy (non-hydrogen) atoms. The molecule has 0 aliphatic rings. The van der Waals surface area contributed by atoms with Crippen molar-refractivity contribution in [2.24, 2.45) is 0 Å². The van der Waals surface area contributed by atoms with Gasteiger partial charge in [-0.25, -0.2) is 13.8 Å². The van der Waals surface area contributed by atoms with Crippen LogP contribution in [0.2, 0.25) is 0 Å². The number of para-hydroxylation sites is 1. The molecule has 0 saturated carbocycles. The standard InChI is InChI=1S/C17H11F5N4/c18-10-5-6-14(12(19)9-10)25-16-23-8-7-15(26-16)24-13-4-2-1-3-11(13)17(20,21)22/h1-9H,(H2,23,24,25,26). The second-order valence-electron chi connectivity index (χ2n) is 5.18. The number of benzene rings is 2. The molecule has 0 radical (unpaired) electrons. The lowest BCUT2D eigenvalue weighted by Gasteiger charge is -2.14. The highest BCUT2D eigenvalue weighted by Crippen LogP contribution is 2.35. The van der Waals surface area contributed by atoms with Gasteiger partial charge in [0.05, 0.1) is 16.9 Å². The van der Waals surface area contributed by atoms with Gasteiger partial charge in [0.25, 0.3) is 0 Å². The number of aromatic nitrogens is 2. The average Bonchev–Trinajstić information content (AvgIpc) is 2.57. The summed E-state index contributed by atoms with van der Waals surface area (Å²) in [5.74, 6) is -1.59. The molecule has 134 valence electrons. The maximum atomic E-state index is 13.7. The van der Waals surface area contributed by atoms with Crippen LogP contribution < -0.4 is 10.6 Å². The summed E-state index contributed by atoms with van der Waals surface area (Å²) in [4.78, 5) is 7.86. The highest BCUT2D eigenvalue weighted by atomic mass is 19.4. The van der Waals surface area contributed by atoms with Crippen molar-refractivity contribution in [3.63, 3.8) is 0 Å². The van der Waals surface area contributed by atoms with E-state index >= 15 is 0 Å². The number of alkyl halides is 3. The van der Waals surface area contributed by atoms with Crippen LogP contribution in [0.3, 0.4) is 0 Å². The Morgan fingerprint density at radius 2 is 1.62 bits per heavy atom. The van der Waals surface area contributed by atoms with E-state index in [0.29, 0.717) is 6.07 Å². The molecule has 1 aromatic heterocycles. The van der Waals surface area contributed by atoms with Gasteiger partial charge in [0.15, 0.2) is 0 Å². The van der Waals surface area contributed by atoms with Crippen LogP contribution in [-0.2, 0) is 6.18 Å². The Morgan fingerprint density at radius 3 is 2.35 bits per heavy atom. The van der Waals surface area contributed by atoms with Crippen LogP contribution in [0.25, 0.3) is 0 Å². The SMILES string of the molecule is Fc1ccc(Nc2nccc(Nc3ccccc3C(F)(F)F)n2)c(F)c1.